The van der Waals surface area contributed by atoms with Gasteiger partial charge in [-0.25, -0.2) is 9.59 Å². The number of benzene rings is 3. The molecule has 0 bridgehead atoms. The number of hydrogen-bond donors (Lipinski definition) is 2. The molecule has 1 aliphatic rings. The number of halogens is 2. The second-order valence-electron chi connectivity index (χ2n) is 6.96. The summed E-state index contributed by atoms with van der Waals surface area (Å²) in [5, 5.41) is 21.9. The lowest BCUT2D eigenvalue weighted by Crippen LogP contribution is -2.20. The summed E-state index contributed by atoms with van der Waals surface area (Å²) in [5.74, 6) is -3.39. The highest BCUT2D eigenvalue weighted by Gasteiger charge is 2.32. The van der Waals surface area contributed by atoms with Crippen molar-refractivity contribution in [2.45, 2.75) is 5.92 Å². The quantitative estimate of drug-likeness (QED) is 0.389. The fraction of sp³-hybridized carbons (Fsp3) is 0.0909. The van der Waals surface area contributed by atoms with E-state index < -0.39 is 44.8 Å². The maximum Gasteiger partial charge on any atom is 0.411 e. The summed E-state index contributed by atoms with van der Waals surface area (Å²) in [7, 11) is 0. The van der Waals surface area contributed by atoms with Crippen molar-refractivity contribution in [1.29, 1.82) is 0 Å². The molecule has 162 valence electrons. The molecule has 1 amide bonds. The summed E-state index contributed by atoms with van der Waals surface area (Å²) in [6.07, 6.45) is -1.17. The molecule has 0 aromatic heterocycles. The molecule has 0 saturated carbocycles. The Hall–Kier alpha value is -3.98. The second kappa shape index (κ2) is 8.27. The number of nitrogens with one attached hydrogen (secondary N) is 1. The van der Waals surface area contributed by atoms with Crippen LogP contribution < -0.4 is 5.32 Å². The molecule has 0 aliphatic heterocycles. The van der Waals surface area contributed by atoms with Crippen LogP contribution in [0.3, 0.4) is 0 Å². The Morgan fingerprint density at radius 1 is 1.12 bits per heavy atom. The molecule has 3 aromatic carbocycles. The van der Waals surface area contributed by atoms with E-state index in [0.29, 0.717) is 6.07 Å². The van der Waals surface area contributed by atoms with Crippen molar-refractivity contribution in [1.82, 2.24) is 0 Å². The monoisotopic (exact) mass is 456 g/mol. The summed E-state index contributed by atoms with van der Waals surface area (Å²) >= 11 is 5.57. The van der Waals surface area contributed by atoms with Crippen LogP contribution in [0.4, 0.5) is 20.6 Å². The van der Waals surface area contributed by atoms with Crippen LogP contribution in [0, 0.1) is 15.9 Å². The maximum absolute atomic E-state index is 14.2. The van der Waals surface area contributed by atoms with Crippen LogP contribution in [0.1, 0.15) is 27.4 Å². The Labute approximate surface area is 185 Å². The predicted octanol–water partition coefficient (Wildman–Crippen LogP) is 5.45. The summed E-state index contributed by atoms with van der Waals surface area (Å²) in [6.45, 7) is -0.119. The largest absolute Gasteiger partial charge is 0.478 e. The Bertz CT molecular complexity index is 1230. The summed E-state index contributed by atoms with van der Waals surface area (Å²) < 4.78 is 19.5. The minimum Gasteiger partial charge on any atom is -0.478 e. The molecule has 0 radical (unpaired) electrons. The normalized spacial score (nSPS) is 12.1. The van der Waals surface area contributed by atoms with E-state index in [1.165, 1.54) is 0 Å². The smallest absolute Gasteiger partial charge is 0.411 e. The van der Waals surface area contributed by atoms with Crippen molar-refractivity contribution < 1.29 is 28.7 Å². The van der Waals surface area contributed by atoms with Crippen LogP contribution in [0.15, 0.2) is 54.6 Å². The van der Waals surface area contributed by atoms with Crippen LogP contribution in [-0.4, -0.2) is 28.7 Å². The minimum absolute atomic E-state index is 0.119. The number of aromatic carboxylic acids is 1. The van der Waals surface area contributed by atoms with Gasteiger partial charge in [-0.15, -0.1) is 0 Å². The van der Waals surface area contributed by atoms with Gasteiger partial charge in [-0.1, -0.05) is 60.1 Å². The zero-order valence-corrected chi connectivity index (χ0v) is 16.9. The molecule has 3 aromatic rings. The van der Waals surface area contributed by atoms with Crippen molar-refractivity contribution in [2.75, 3.05) is 11.9 Å². The molecule has 4 rings (SSSR count). The SMILES string of the molecule is O=C(Nc1c(C(=O)O)cc(Cl)c(F)c1[N+](=O)[O-])OCC1c2ccccc2-c2ccccc21. The molecule has 0 unspecified atom stereocenters. The average Bonchev–Trinajstić information content (AvgIpc) is 3.08. The fourth-order valence-corrected chi connectivity index (χ4v) is 4.01. The van der Waals surface area contributed by atoms with Crippen molar-refractivity contribution in [2.24, 2.45) is 0 Å². The molecule has 10 heteroatoms. The van der Waals surface area contributed by atoms with Gasteiger partial charge in [-0.2, -0.15) is 4.39 Å². The van der Waals surface area contributed by atoms with Crippen LogP contribution >= 0.6 is 11.6 Å². The molecular weight excluding hydrogens is 443 g/mol. The number of carbonyl (C=O) groups excluding carboxylic acids is 1. The van der Waals surface area contributed by atoms with E-state index >= 15 is 0 Å². The van der Waals surface area contributed by atoms with Crippen molar-refractivity contribution >= 4 is 35.0 Å². The molecule has 0 saturated heterocycles. The van der Waals surface area contributed by atoms with E-state index in [0.717, 1.165) is 22.3 Å². The Morgan fingerprint density at radius 3 is 2.22 bits per heavy atom. The van der Waals surface area contributed by atoms with Gasteiger partial charge < -0.3 is 9.84 Å². The molecular formula is C22H14ClFN2O6. The van der Waals surface area contributed by atoms with Gasteiger partial charge in [0.1, 0.15) is 12.3 Å². The number of hydrogen-bond acceptors (Lipinski definition) is 5. The molecule has 2 N–H and O–H groups in total. The number of anilines is 1. The standard InChI is InChI=1S/C22H14ClFN2O6/c23-17-9-15(21(27)28)19(20(18(17)24)26(30)31)25-22(29)32-10-16-13-7-3-1-5-11(13)12-6-2-4-8-14(12)16/h1-9,16H,10H2,(H,25,29)(H,27,28). The molecule has 0 spiro atoms. The van der Waals surface area contributed by atoms with Gasteiger partial charge in [0.2, 0.25) is 5.82 Å². The van der Waals surface area contributed by atoms with Gasteiger partial charge in [0.05, 0.1) is 15.5 Å². The molecule has 0 fully saturated rings. The van der Waals surface area contributed by atoms with Gasteiger partial charge >= 0.3 is 17.7 Å². The second-order valence-corrected chi connectivity index (χ2v) is 7.36. The van der Waals surface area contributed by atoms with Crippen molar-refractivity contribution in [3.05, 3.63) is 92.2 Å². The summed E-state index contributed by atoms with van der Waals surface area (Å²) in [6, 6.07) is 15.9. The highest BCUT2D eigenvalue weighted by Crippen LogP contribution is 2.44. The first kappa shape index (κ1) is 21.3. The van der Waals surface area contributed by atoms with Crippen LogP contribution in [0.25, 0.3) is 11.1 Å². The number of carboxylic acids is 1. The molecule has 0 heterocycles. The lowest BCUT2D eigenvalue weighted by atomic mass is 9.98. The van der Waals surface area contributed by atoms with Gasteiger partial charge in [0.25, 0.3) is 0 Å². The third-order valence-corrected chi connectivity index (χ3v) is 5.45. The summed E-state index contributed by atoms with van der Waals surface area (Å²) in [4.78, 5) is 34.1. The van der Waals surface area contributed by atoms with E-state index in [1.54, 1.807) is 0 Å². The Balaban J connectivity index is 1.60. The Kier molecular flexibility index (Phi) is 5.50. The lowest BCUT2D eigenvalue weighted by molar-refractivity contribution is -0.386. The number of fused-ring (bicyclic) bond motifs is 3. The molecule has 8 nitrogen and oxygen atoms in total. The number of nitro benzene ring substituents is 1. The first-order chi connectivity index (χ1) is 15.3. The number of carbonyl (C=O) groups is 2. The van der Waals surface area contributed by atoms with Crippen LogP contribution in [0.5, 0.6) is 0 Å². The lowest BCUT2D eigenvalue weighted by Gasteiger charge is -2.15. The first-order valence-electron chi connectivity index (χ1n) is 9.31. The highest BCUT2D eigenvalue weighted by molar-refractivity contribution is 6.31. The number of ether oxygens (including phenoxy) is 1. The third-order valence-electron chi connectivity index (χ3n) is 5.18. The van der Waals surface area contributed by atoms with Crippen LogP contribution in [0.2, 0.25) is 5.02 Å². The maximum atomic E-state index is 14.2. The van der Waals surface area contributed by atoms with Crippen molar-refractivity contribution in [3.8, 4) is 11.1 Å². The Morgan fingerprint density at radius 2 is 1.69 bits per heavy atom. The zero-order valence-electron chi connectivity index (χ0n) is 16.2. The number of carboxylic acid groups (broad SMARTS) is 1. The fourth-order valence-electron chi connectivity index (χ4n) is 3.82. The number of nitrogens with zero attached hydrogens (tertiary/aromatic N) is 1. The minimum atomic E-state index is -1.64. The van der Waals surface area contributed by atoms with E-state index in [-0.39, 0.29) is 12.5 Å². The van der Waals surface area contributed by atoms with E-state index in [2.05, 4.69) is 0 Å². The number of rotatable bonds is 5. The van der Waals surface area contributed by atoms with E-state index in [1.807, 2.05) is 53.8 Å². The highest BCUT2D eigenvalue weighted by atomic mass is 35.5. The van der Waals surface area contributed by atoms with Gasteiger partial charge in [-0.05, 0) is 28.3 Å². The van der Waals surface area contributed by atoms with Crippen LogP contribution in [-0.2, 0) is 4.74 Å². The third kappa shape index (κ3) is 3.63. The number of nitro groups is 1. The van der Waals surface area contributed by atoms with E-state index in [9.17, 15) is 29.2 Å². The molecule has 32 heavy (non-hydrogen) atoms. The average molecular weight is 457 g/mol. The van der Waals surface area contributed by atoms with E-state index in [4.69, 9.17) is 16.3 Å². The first-order valence-corrected chi connectivity index (χ1v) is 9.69. The van der Waals surface area contributed by atoms with Gasteiger partial charge in [0.15, 0.2) is 0 Å². The molecule has 0 atom stereocenters. The predicted molar refractivity (Wildman–Crippen MR) is 114 cm³/mol. The molecule has 1 aliphatic carbocycles. The number of amides is 1. The van der Waals surface area contributed by atoms with Crippen molar-refractivity contribution in [3.63, 3.8) is 0 Å². The van der Waals surface area contributed by atoms with Gasteiger partial charge in [-0.3, -0.25) is 15.4 Å². The zero-order chi connectivity index (χ0) is 23.0. The van der Waals surface area contributed by atoms with Gasteiger partial charge in [0, 0.05) is 5.92 Å². The summed E-state index contributed by atoms with van der Waals surface area (Å²) in [5.41, 5.74) is 1.04. The topological polar surface area (TPSA) is 119 Å².